The Labute approximate surface area is 161 Å². The molecule has 0 saturated carbocycles. The fraction of sp³-hybridized carbons (Fsp3) is 0.368. The van der Waals surface area contributed by atoms with Gasteiger partial charge in [0.05, 0.1) is 17.9 Å². The fourth-order valence-electron chi connectivity index (χ4n) is 3.16. The summed E-state index contributed by atoms with van der Waals surface area (Å²) in [6.45, 7) is 2.48. The van der Waals surface area contributed by atoms with E-state index >= 15 is 0 Å². The molecule has 1 aliphatic rings. The Morgan fingerprint density at radius 2 is 2.07 bits per heavy atom. The van der Waals surface area contributed by atoms with Crippen molar-refractivity contribution in [2.45, 2.75) is 25.3 Å². The van der Waals surface area contributed by atoms with Crippen LogP contribution in [0.2, 0.25) is 0 Å². The van der Waals surface area contributed by atoms with Gasteiger partial charge in [-0.15, -0.1) is 16.4 Å². The molecule has 1 fully saturated rings. The van der Waals surface area contributed by atoms with Gasteiger partial charge in [-0.05, 0) is 25.9 Å². The monoisotopic (exact) mass is 382 g/mol. The van der Waals surface area contributed by atoms with E-state index in [9.17, 15) is 4.79 Å². The minimum Gasteiger partial charge on any atom is -0.350 e. The standard InChI is InChI=1S/C19H22N6OS/c26-18(17-12-25(24-23-17)16-7-9-20-10-8-16)21-11-6-15-13-27-19(22-15)14-4-2-1-3-5-14/h1-5,12-13,16,20H,6-11H2,(H,21,26). The van der Waals surface area contributed by atoms with Crippen molar-refractivity contribution in [3.8, 4) is 10.6 Å². The molecule has 0 bridgehead atoms. The second-order valence-corrected chi connectivity index (χ2v) is 7.44. The summed E-state index contributed by atoms with van der Waals surface area (Å²) >= 11 is 1.62. The summed E-state index contributed by atoms with van der Waals surface area (Å²) in [5.74, 6) is -0.186. The highest BCUT2D eigenvalue weighted by Crippen LogP contribution is 2.23. The number of nitrogens with one attached hydrogen (secondary N) is 2. The van der Waals surface area contributed by atoms with Crippen molar-refractivity contribution < 1.29 is 4.79 Å². The van der Waals surface area contributed by atoms with Crippen molar-refractivity contribution >= 4 is 17.2 Å². The van der Waals surface area contributed by atoms with E-state index in [0.29, 0.717) is 24.7 Å². The predicted molar refractivity (Wildman–Crippen MR) is 105 cm³/mol. The number of thiazole rings is 1. The molecule has 1 aromatic carbocycles. The van der Waals surface area contributed by atoms with Crippen LogP contribution in [-0.4, -0.2) is 45.5 Å². The largest absolute Gasteiger partial charge is 0.350 e. The van der Waals surface area contributed by atoms with Crippen molar-refractivity contribution in [2.75, 3.05) is 19.6 Å². The van der Waals surface area contributed by atoms with Gasteiger partial charge in [-0.25, -0.2) is 9.67 Å². The SMILES string of the molecule is O=C(NCCc1csc(-c2ccccc2)n1)c1cn(C2CCNCC2)nn1. The molecule has 3 aromatic rings. The number of aromatic nitrogens is 4. The van der Waals surface area contributed by atoms with Crippen LogP contribution in [0.4, 0.5) is 0 Å². The van der Waals surface area contributed by atoms with Crippen molar-refractivity contribution in [1.82, 2.24) is 30.6 Å². The highest BCUT2D eigenvalue weighted by molar-refractivity contribution is 7.13. The Morgan fingerprint density at radius 3 is 2.89 bits per heavy atom. The van der Waals surface area contributed by atoms with Crippen molar-refractivity contribution in [3.05, 3.63) is 53.3 Å². The average molecular weight is 382 g/mol. The Balaban J connectivity index is 1.29. The lowest BCUT2D eigenvalue weighted by Crippen LogP contribution is -2.29. The third-order valence-corrected chi connectivity index (χ3v) is 5.61. The molecule has 0 spiro atoms. The van der Waals surface area contributed by atoms with Crippen LogP contribution in [0.15, 0.2) is 41.9 Å². The van der Waals surface area contributed by atoms with Crippen LogP contribution in [0.25, 0.3) is 10.6 Å². The van der Waals surface area contributed by atoms with E-state index in [1.807, 2.05) is 28.3 Å². The molecule has 2 aromatic heterocycles. The molecule has 1 aliphatic heterocycles. The first kappa shape index (κ1) is 17.8. The van der Waals surface area contributed by atoms with Gasteiger partial charge in [0.15, 0.2) is 5.69 Å². The van der Waals surface area contributed by atoms with Gasteiger partial charge in [0.2, 0.25) is 0 Å². The molecule has 27 heavy (non-hydrogen) atoms. The maximum atomic E-state index is 12.3. The predicted octanol–water partition coefficient (Wildman–Crippen LogP) is 2.30. The van der Waals surface area contributed by atoms with E-state index in [0.717, 1.165) is 42.2 Å². The van der Waals surface area contributed by atoms with Crippen LogP contribution in [0.5, 0.6) is 0 Å². The number of hydrogen-bond acceptors (Lipinski definition) is 6. The third-order valence-electron chi connectivity index (χ3n) is 4.66. The molecule has 3 heterocycles. The zero-order valence-corrected chi connectivity index (χ0v) is 15.8. The van der Waals surface area contributed by atoms with Crippen molar-refractivity contribution in [1.29, 1.82) is 0 Å². The van der Waals surface area contributed by atoms with E-state index in [1.165, 1.54) is 0 Å². The number of carbonyl (C=O) groups excluding carboxylic acids is 1. The topological polar surface area (TPSA) is 84.7 Å². The van der Waals surface area contributed by atoms with Crippen molar-refractivity contribution in [2.24, 2.45) is 0 Å². The number of amides is 1. The van der Waals surface area contributed by atoms with E-state index in [2.05, 4.69) is 38.1 Å². The van der Waals surface area contributed by atoms with E-state index in [1.54, 1.807) is 17.5 Å². The van der Waals surface area contributed by atoms with Gasteiger partial charge >= 0.3 is 0 Å². The van der Waals surface area contributed by atoms with Gasteiger partial charge in [0, 0.05) is 23.9 Å². The second kappa shape index (κ2) is 8.41. The van der Waals surface area contributed by atoms with Crippen LogP contribution in [0.3, 0.4) is 0 Å². The number of nitrogens with zero attached hydrogens (tertiary/aromatic N) is 4. The Morgan fingerprint density at radius 1 is 1.26 bits per heavy atom. The summed E-state index contributed by atoms with van der Waals surface area (Å²) in [5, 5.41) is 17.4. The molecular formula is C19H22N6OS. The molecule has 0 radical (unpaired) electrons. The lowest BCUT2D eigenvalue weighted by Gasteiger charge is -2.22. The maximum absolute atomic E-state index is 12.3. The summed E-state index contributed by atoms with van der Waals surface area (Å²) < 4.78 is 1.82. The van der Waals surface area contributed by atoms with Crippen LogP contribution in [0, 0.1) is 0 Å². The summed E-state index contributed by atoms with van der Waals surface area (Å²) in [5.41, 5.74) is 2.47. The molecule has 1 amide bonds. The zero-order chi connectivity index (χ0) is 18.5. The fourth-order valence-corrected chi connectivity index (χ4v) is 4.02. The number of carbonyl (C=O) groups is 1. The van der Waals surface area contributed by atoms with Gasteiger partial charge in [-0.1, -0.05) is 35.5 Å². The third kappa shape index (κ3) is 4.40. The first-order chi connectivity index (χ1) is 13.3. The van der Waals surface area contributed by atoms with Gasteiger partial charge in [-0.2, -0.15) is 0 Å². The molecular weight excluding hydrogens is 360 g/mol. The van der Waals surface area contributed by atoms with E-state index in [4.69, 9.17) is 0 Å². The lowest BCUT2D eigenvalue weighted by atomic mass is 10.1. The Bertz CT molecular complexity index is 885. The first-order valence-corrected chi connectivity index (χ1v) is 10.1. The smallest absolute Gasteiger partial charge is 0.273 e. The highest BCUT2D eigenvalue weighted by Gasteiger charge is 2.18. The maximum Gasteiger partial charge on any atom is 0.273 e. The van der Waals surface area contributed by atoms with Crippen LogP contribution in [0.1, 0.15) is 35.1 Å². The number of hydrogen-bond donors (Lipinski definition) is 2. The molecule has 4 rings (SSSR count). The number of benzene rings is 1. The normalized spacial score (nSPS) is 15.0. The summed E-state index contributed by atoms with van der Waals surface area (Å²) in [4.78, 5) is 16.9. The minimum absolute atomic E-state index is 0.186. The first-order valence-electron chi connectivity index (χ1n) is 9.20. The molecule has 0 atom stereocenters. The average Bonchev–Trinajstić information content (AvgIpc) is 3.39. The molecule has 7 nitrogen and oxygen atoms in total. The Kier molecular flexibility index (Phi) is 5.55. The van der Waals surface area contributed by atoms with E-state index in [-0.39, 0.29) is 5.91 Å². The van der Waals surface area contributed by atoms with Crippen molar-refractivity contribution in [3.63, 3.8) is 0 Å². The summed E-state index contributed by atoms with van der Waals surface area (Å²) in [7, 11) is 0. The summed E-state index contributed by atoms with van der Waals surface area (Å²) in [6, 6.07) is 10.4. The van der Waals surface area contributed by atoms with Crippen LogP contribution in [-0.2, 0) is 6.42 Å². The summed E-state index contributed by atoms with van der Waals surface area (Å²) in [6.07, 6.45) is 4.47. The van der Waals surface area contributed by atoms with Gasteiger partial charge in [-0.3, -0.25) is 4.79 Å². The lowest BCUT2D eigenvalue weighted by molar-refractivity contribution is 0.0949. The van der Waals surface area contributed by atoms with E-state index < -0.39 is 0 Å². The highest BCUT2D eigenvalue weighted by atomic mass is 32.1. The Hall–Kier alpha value is -2.58. The number of rotatable bonds is 6. The van der Waals surface area contributed by atoms with Crippen LogP contribution < -0.4 is 10.6 Å². The minimum atomic E-state index is -0.186. The second-order valence-electron chi connectivity index (χ2n) is 6.58. The van der Waals surface area contributed by atoms with Gasteiger partial charge < -0.3 is 10.6 Å². The number of piperidine rings is 1. The molecule has 2 N–H and O–H groups in total. The van der Waals surface area contributed by atoms with Crippen LogP contribution >= 0.6 is 11.3 Å². The molecule has 140 valence electrons. The molecule has 0 unspecified atom stereocenters. The molecule has 0 aliphatic carbocycles. The zero-order valence-electron chi connectivity index (χ0n) is 15.0. The molecule has 1 saturated heterocycles. The molecule has 8 heteroatoms. The quantitative estimate of drug-likeness (QED) is 0.683. The van der Waals surface area contributed by atoms with Gasteiger partial charge in [0.1, 0.15) is 5.01 Å². The van der Waals surface area contributed by atoms with Gasteiger partial charge in [0.25, 0.3) is 5.91 Å².